The van der Waals surface area contributed by atoms with Gasteiger partial charge in [-0.25, -0.2) is 0 Å². The van der Waals surface area contributed by atoms with Crippen molar-refractivity contribution in [2.45, 2.75) is 32.1 Å². The lowest BCUT2D eigenvalue weighted by Crippen LogP contribution is -2.33. The molecule has 1 aliphatic rings. The Morgan fingerprint density at radius 3 is 2.52 bits per heavy atom. The van der Waals surface area contributed by atoms with Crippen molar-refractivity contribution in [1.29, 1.82) is 0 Å². The highest BCUT2D eigenvalue weighted by Crippen LogP contribution is 2.08. The number of rotatable bonds is 7. The molecule has 1 aromatic carbocycles. The third-order valence-electron chi connectivity index (χ3n) is 4.03. The predicted molar refractivity (Wildman–Crippen MR) is 86.4 cm³/mol. The second-order valence-electron chi connectivity index (χ2n) is 5.75. The molecule has 0 aliphatic carbocycles. The predicted octanol–water partition coefficient (Wildman–Crippen LogP) is 1.79. The largest absolute Gasteiger partial charge is 0.352 e. The van der Waals surface area contributed by atoms with Crippen molar-refractivity contribution in [3.05, 3.63) is 35.4 Å². The molecule has 1 aromatic rings. The van der Waals surface area contributed by atoms with E-state index in [9.17, 15) is 4.79 Å². The number of carbonyl (C=O) groups excluding carboxylic acids is 1. The van der Waals surface area contributed by atoms with Crippen LogP contribution in [0.4, 0.5) is 0 Å². The van der Waals surface area contributed by atoms with Crippen molar-refractivity contribution in [2.24, 2.45) is 5.73 Å². The summed E-state index contributed by atoms with van der Waals surface area (Å²) < 4.78 is 0. The van der Waals surface area contributed by atoms with Crippen molar-refractivity contribution >= 4 is 5.91 Å². The average molecular weight is 289 g/mol. The van der Waals surface area contributed by atoms with Gasteiger partial charge in [-0.15, -0.1) is 0 Å². The number of nitrogens with two attached hydrogens (primary N) is 1. The Balaban J connectivity index is 1.66. The molecule has 1 heterocycles. The first-order valence-electron chi connectivity index (χ1n) is 8.09. The van der Waals surface area contributed by atoms with Gasteiger partial charge in [0.25, 0.3) is 5.91 Å². The van der Waals surface area contributed by atoms with Crippen molar-refractivity contribution in [3.63, 3.8) is 0 Å². The summed E-state index contributed by atoms with van der Waals surface area (Å²) in [6.45, 7) is 4.92. The van der Waals surface area contributed by atoms with Gasteiger partial charge < -0.3 is 16.0 Å². The molecule has 21 heavy (non-hydrogen) atoms. The van der Waals surface area contributed by atoms with Crippen LogP contribution in [0.3, 0.4) is 0 Å². The Bertz CT molecular complexity index is 424. The minimum Gasteiger partial charge on any atom is -0.352 e. The van der Waals surface area contributed by atoms with E-state index in [-0.39, 0.29) is 5.91 Å². The molecule has 4 heteroatoms. The lowest BCUT2D eigenvalue weighted by Gasteiger charge is -2.26. The second kappa shape index (κ2) is 8.80. The summed E-state index contributed by atoms with van der Waals surface area (Å²) in [6.07, 6.45) is 5.89. The van der Waals surface area contributed by atoms with Crippen LogP contribution >= 0.6 is 0 Å². The maximum atomic E-state index is 12.0. The summed E-state index contributed by atoms with van der Waals surface area (Å²) in [5, 5.41) is 3.00. The highest BCUT2D eigenvalue weighted by atomic mass is 16.1. The second-order valence-corrected chi connectivity index (χ2v) is 5.75. The third-order valence-corrected chi connectivity index (χ3v) is 4.03. The van der Waals surface area contributed by atoms with Crippen LogP contribution in [0.25, 0.3) is 0 Å². The SMILES string of the molecule is NCCc1ccc(C(=O)NCCCN2CCCCC2)cc1. The molecule has 0 radical (unpaired) electrons. The molecule has 0 bridgehead atoms. The fraction of sp³-hybridized carbons (Fsp3) is 0.588. The number of carbonyl (C=O) groups is 1. The summed E-state index contributed by atoms with van der Waals surface area (Å²) >= 11 is 0. The molecule has 2 rings (SSSR count). The Hall–Kier alpha value is -1.39. The Morgan fingerprint density at radius 2 is 1.86 bits per heavy atom. The summed E-state index contributed by atoms with van der Waals surface area (Å²) in [5.41, 5.74) is 7.43. The first-order valence-corrected chi connectivity index (χ1v) is 8.09. The molecule has 0 aromatic heterocycles. The minimum absolute atomic E-state index is 0.0212. The number of hydrogen-bond acceptors (Lipinski definition) is 3. The quantitative estimate of drug-likeness (QED) is 0.753. The van der Waals surface area contributed by atoms with Gasteiger partial charge in [0.2, 0.25) is 0 Å². The van der Waals surface area contributed by atoms with E-state index in [0.29, 0.717) is 6.54 Å². The molecule has 1 amide bonds. The number of benzene rings is 1. The van der Waals surface area contributed by atoms with Crippen LogP contribution < -0.4 is 11.1 Å². The van der Waals surface area contributed by atoms with Gasteiger partial charge in [-0.3, -0.25) is 4.79 Å². The van der Waals surface area contributed by atoms with Gasteiger partial charge in [-0.2, -0.15) is 0 Å². The van der Waals surface area contributed by atoms with Crippen LogP contribution in [0, 0.1) is 0 Å². The summed E-state index contributed by atoms with van der Waals surface area (Å²) in [6, 6.07) is 7.72. The Labute approximate surface area is 127 Å². The van der Waals surface area contributed by atoms with Gasteiger partial charge in [-0.05, 0) is 69.6 Å². The van der Waals surface area contributed by atoms with Gasteiger partial charge in [-0.1, -0.05) is 18.6 Å². The molecule has 116 valence electrons. The van der Waals surface area contributed by atoms with E-state index >= 15 is 0 Å². The van der Waals surface area contributed by atoms with Crippen molar-refractivity contribution in [3.8, 4) is 0 Å². The van der Waals surface area contributed by atoms with Gasteiger partial charge in [0.15, 0.2) is 0 Å². The number of amides is 1. The van der Waals surface area contributed by atoms with Crippen molar-refractivity contribution in [2.75, 3.05) is 32.7 Å². The zero-order valence-electron chi connectivity index (χ0n) is 12.8. The van der Waals surface area contributed by atoms with E-state index in [4.69, 9.17) is 5.73 Å². The lowest BCUT2D eigenvalue weighted by atomic mass is 10.1. The van der Waals surface area contributed by atoms with Crippen LogP contribution in [-0.2, 0) is 6.42 Å². The molecule has 0 saturated carbocycles. The molecule has 0 atom stereocenters. The van der Waals surface area contributed by atoms with Gasteiger partial charge in [0.1, 0.15) is 0 Å². The zero-order chi connectivity index (χ0) is 14.9. The monoisotopic (exact) mass is 289 g/mol. The third kappa shape index (κ3) is 5.48. The molecule has 4 nitrogen and oxygen atoms in total. The Kier molecular flexibility index (Phi) is 6.70. The number of piperidine rings is 1. The van der Waals surface area contributed by atoms with Crippen LogP contribution in [-0.4, -0.2) is 43.5 Å². The molecular formula is C17H27N3O. The minimum atomic E-state index is 0.0212. The standard InChI is InChI=1S/C17H27N3O/c18-10-9-15-5-7-16(8-6-15)17(21)19-11-4-14-20-12-2-1-3-13-20/h5-8H,1-4,9-14,18H2,(H,19,21). The van der Waals surface area contributed by atoms with E-state index in [1.165, 1.54) is 37.9 Å². The number of hydrogen-bond donors (Lipinski definition) is 2. The van der Waals surface area contributed by atoms with E-state index in [2.05, 4.69) is 10.2 Å². The van der Waals surface area contributed by atoms with Crippen LogP contribution in [0.5, 0.6) is 0 Å². The lowest BCUT2D eigenvalue weighted by molar-refractivity contribution is 0.0951. The molecule has 1 aliphatic heterocycles. The van der Waals surface area contributed by atoms with Gasteiger partial charge in [0, 0.05) is 12.1 Å². The van der Waals surface area contributed by atoms with E-state index in [1.807, 2.05) is 24.3 Å². The maximum absolute atomic E-state index is 12.0. The molecule has 1 saturated heterocycles. The summed E-state index contributed by atoms with van der Waals surface area (Å²) in [4.78, 5) is 14.5. The normalized spacial score (nSPS) is 15.9. The molecule has 0 unspecified atom stereocenters. The van der Waals surface area contributed by atoms with Gasteiger partial charge >= 0.3 is 0 Å². The molecule has 1 fully saturated rings. The smallest absolute Gasteiger partial charge is 0.251 e. The van der Waals surface area contributed by atoms with Crippen molar-refractivity contribution in [1.82, 2.24) is 10.2 Å². The van der Waals surface area contributed by atoms with Crippen LogP contribution in [0.2, 0.25) is 0 Å². The van der Waals surface area contributed by atoms with Crippen LogP contribution in [0.15, 0.2) is 24.3 Å². The highest BCUT2D eigenvalue weighted by molar-refractivity contribution is 5.94. The maximum Gasteiger partial charge on any atom is 0.251 e. The fourth-order valence-corrected chi connectivity index (χ4v) is 2.78. The molecule has 0 spiro atoms. The van der Waals surface area contributed by atoms with E-state index in [1.54, 1.807) is 0 Å². The summed E-state index contributed by atoms with van der Waals surface area (Å²) in [5.74, 6) is 0.0212. The topological polar surface area (TPSA) is 58.4 Å². The molecular weight excluding hydrogens is 262 g/mol. The van der Waals surface area contributed by atoms with Crippen LogP contribution in [0.1, 0.15) is 41.6 Å². The fourth-order valence-electron chi connectivity index (χ4n) is 2.78. The number of nitrogens with zero attached hydrogens (tertiary/aromatic N) is 1. The zero-order valence-corrected chi connectivity index (χ0v) is 12.8. The van der Waals surface area contributed by atoms with E-state index < -0.39 is 0 Å². The van der Waals surface area contributed by atoms with Gasteiger partial charge in [0.05, 0.1) is 0 Å². The highest BCUT2D eigenvalue weighted by Gasteiger charge is 2.09. The van der Waals surface area contributed by atoms with E-state index in [0.717, 1.165) is 31.5 Å². The van der Waals surface area contributed by atoms with Crippen molar-refractivity contribution < 1.29 is 4.79 Å². The number of likely N-dealkylation sites (tertiary alicyclic amines) is 1. The molecule has 3 N–H and O–H groups in total. The first kappa shape index (κ1) is 16.0. The number of nitrogens with one attached hydrogen (secondary N) is 1. The first-order chi connectivity index (χ1) is 10.3. The average Bonchev–Trinajstić information content (AvgIpc) is 2.53. The Morgan fingerprint density at radius 1 is 1.14 bits per heavy atom. The summed E-state index contributed by atoms with van der Waals surface area (Å²) in [7, 11) is 0.